The van der Waals surface area contributed by atoms with Crippen LogP contribution in [-0.2, 0) is 17.9 Å². The van der Waals surface area contributed by atoms with Gasteiger partial charge in [0.05, 0.1) is 18.8 Å². The first-order chi connectivity index (χ1) is 11.3. The van der Waals surface area contributed by atoms with Crippen LogP contribution in [0.5, 0.6) is 0 Å². The molecule has 3 heterocycles. The van der Waals surface area contributed by atoms with Crippen LogP contribution in [0.25, 0.3) is 0 Å². The van der Waals surface area contributed by atoms with Gasteiger partial charge in [-0.05, 0) is 5.56 Å². The first-order valence-corrected chi connectivity index (χ1v) is 7.92. The third-order valence-corrected chi connectivity index (χ3v) is 4.38. The molecule has 0 radical (unpaired) electrons. The molecule has 1 atom stereocenters. The van der Waals surface area contributed by atoms with E-state index in [4.69, 9.17) is 4.74 Å². The van der Waals surface area contributed by atoms with Gasteiger partial charge < -0.3 is 15.0 Å². The van der Waals surface area contributed by atoms with E-state index in [0.29, 0.717) is 31.9 Å². The highest BCUT2D eigenvalue weighted by atomic mass is 35.5. The highest BCUT2D eigenvalue weighted by Gasteiger charge is 2.30. The molecule has 0 spiro atoms. The predicted octanol–water partition coefficient (Wildman–Crippen LogP) is 1.02. The quantitative estimate of drug-likeness (QED) is 0.876. The summed E-state index contributed by atoms with van der Waals surface area (Å²) >= 11 is 0. The van der Waals surface area contributed by atoms with Crippen molar-refractivity contribution in [3.63, 3.8) is 0 Å². The number of amides is 1. The number of nitrogens with zero attached hydrogens (tertiary/aromatic N) is 4. The zero-order valence-corrected chi connectivity index (χ0v) is 14.0. The van der Waals surface area contributed by atoms with Crippen molar-refractivity contribution in [3.05, 3.63) is 47.3 Å². The van der Waals surface area contributed by atoms with Gasteiger partial charge in [-0.25, -0.2) is 4.68 Å². The molecule has 1 amide bonds. The van der Waals surface area contributed by atoms with Crippen LogP contribution in [0.4, 0.5) is 0 Å². The lowest BCUT2D eigenvalue weighted by atomic mass is 10.1. The molecule has 1 N–H and O–H groups in total. The van der Waals surface area contributed by atoms with Crippen molar-refractivity contribution < 1.29 is 9.53 Å². The molecule has 1 unspecified atom stereocenters. The number of piperazine rings is 1. The van der Waals surface area contributed by atoms with Crippen LogP contribution in [0.15, 0.2) is 30.3 Å². The average molecular weight is 350 g/mol. The fourth-order valence-corrected chi connectivity index (χ4v) is 3.06. The Morgan fingerprint density at radius 1 is 1.21 bits per heavy atom. The Morgan fingerprint density at radius 3 is 2.71 bits per heavy atom. The van der Waals surface area contributed by atoms with Crippen molar-refractivity contribution in [1.82, 2.24) is 25.2 Å². The Balaban J connectivity index is 0.00000169. The normalized spacial score (nSPS) is 20.2. The lowest BCUT2D eigenvalue weighted by molar-refractivity contribution is -0.00197. The molecule has 4 rings (SSSR count). The number of halogens is 1. The van der Waals surface area contributed by atoms with Gasteiger partial charge in [0.1, 0.15) is 6.10 Å². The molecule has 0 saturated carbocycles. The van der Waals surface area contributed by atoms with E-state index < -0.39 is 0 Å². The molecule has 1 saturated heterocycles. The summed E-state index contributed by atoms with van der Waals surface area (Å²) in [7, 11) is 0. The molecule has 0 aliphatic carbocycles. The van der Waals surface area contributed by atoms with Crippen molar-refractivity contribution in [2.75, 3.05) is 26.2 Å². The Kier molecular flexibility index (Phi) is 5.13. The number of carbonyl (C=O) groups is 1. The fourth-order valence-electron chi connectivity index (χ4n) is 3.06. The lowest BCUT2D eigenvalue weighted by Gasteiger charge is -2.28. The van der Waals surface area contributed by atoms with Gasteiger partial charge in [0.2, 0.25) is 0 Å². The molecule has 1 aromatic heterocycles. The maximum absolute atomic E-state index is 12.6. The van der Waals surface area contributed by atoms with E-state index in [1.165, 1.54) is 0 Å². The average Bonchev–Trinajstić information content (AvgIpc) is 3.05. The van der Waals surface area contributed by atoms with E-state index in [1.807, 2.05) is 35.2 Å². The van der Waals surface area contributed by atoms with Crippen LogP contribution in [-0.4, -0.2) is 52.0 Å². The molecule has 7 nitrogen and oxygen atoms in total. The number of rotatable bonds is 2. The van der Waals surface area contributed by atoms with Gasteiger partial charge in [0, 0.05) is 26.2 Å². The second kappa shape index (κ2) is 7.29. The van der Waals surface area contributed by atoms with Crippen molar-refractivity contribution in [1.29, 1.82) is 0 Å². The summed E-state index contributed by atoms with van der Waals surface area (Å²) in [4.78, 5) is 14.4. The highest BCUT2D eigenvalue weighted by Crippen LogP contribution is 2.27. The number of benzene rings is 1. The van der Waals surface area contributed by atoms with Crippen LogP contribution in [0.2, 0.25) is 0 Å². The molecule has 2 aromatic rings. The predicted molar refractivity (Wildman–Crippen MR) is 90.0 cm³/mol. The second-order valence-corrected chi connectivity index (χ2v) is 5.82. The molecule has 2 aliphatic heterocycles. The lowest BCUT2D eigenvalue weighted by Crippen LogP contribution is -2.46. The third-order valence-electron chi connectivity index (χ3n) is 4.38. The van der Waals surface area contributed by atoms with Crippen LogP contribution < -0.4 is 5.32 Å². The van der Waals surface area contributed by atoms with E-state index in [9.17, 15) is 4.79 Å². The van der Waals surface area contributed by atoms with E-state index in [-0.39, 0.29) is 24.4 Å². The van der Waals surface area contributed by atoms with Gasteiger partial charge in [0.25, 0.3) is 5.91 Å². The molecule has 1 fully saturated rings. The van der Waals surface area contributed by atoms with Gasteiger partial charge in [0.15, 0.2) is 5.69 Å². The molecule has 8 heteroatoms. The molecule has 1 aromatic carbocycles. The SMILES string of the molecule is Cl.O=C(c1nnn2c1COC(c1ccccc1)C2)N1CCNCC1. The van der Waals surface area contributed by atoms with Crippen LogP contribution in [0.1, 0.15) is 27.8 Å². The minimum Gasteiger partial charge on any atom is -0.365 e. The molecule has 24 heavy (non-hydrogen) atoms. The summed E-state index contributed by atoms with van der Waals surface area (Å²) in [5, 5.41) is 11.5. The minimum absolute atomic E-state index is 0. The summed E-state index contributed by atoms with van der Waals surface area (Å²) in [6.45, 7) is 4.00. The molecule has 2 aliphatic rings. The summed E-state index contributed by atoms with van der Waals surface area (Å²) < 4.78 is 7.75. The summed E-state index contributed by atoms with van der Waals surface area (Å²) in [6, 6.07) is 10.1. The van der Waals surface area contributed by atoms with Crippen LogP contribution >= 0.6 is 12.4 Å². The van der Waals surface area contributed by atoms with Gasteiger partial charge in [-0.2, -0.15) is 0 Å². The summed E-state index contributed by atoms with van der Waals surface area (Å²) in [5.74, 6) is -0.0467. The first-order valence-electron chi connectivity index (χ1n) is 7.92. The number of carbonyl (C=O) groups excluding carboxylic acids is 1. The molecular weight excluding hydrogens is 330 g/mol. The van der Waals surface area contributed by atoms with Gasteiger partial charge >= 0.3 is 0 Å². The summed E-state index contributed by atoms with van der Waals surface area (Å²) in [6.07, 6.45) is -0.0486. The highest BCUT2D eigenvalue weighted by molar-refractivity contribution is 5.93. The monoisotopic (exact) mass is 349 g/mol. The zero-order chi connectivity index (χ0) is 15.6. The Bertz CT molecular complexity index is 700. The maximum Gasteiger partial charge on any atom is 0.276 e. The fraction of sp³-hybridized carbons (Fsp3) is 0.438. The smallest absolute Gasteiger partial charge is 0.276 e. The largest absolute Gasteiger partial charge is 0.365 e. The maximum atomic E-state index is 12.6. The van der Waals surface area contributed by atoms with Crippen LogP contribution in [0, 0.1) is 0 Å². The number of hydrogen-bond acceptors (Lipinski definition) is 5. The zero-order valence-electron chi connectivity index (χ0n) is 13.2. The Labute approximate surface area is 146 Å². The molecule has 0 bridgehead atoms. The molecular formula is C16H20ClN5O2. The number of fused-ring (bicyclic) bond motifs is 1. The van der Waals surface area contributed by atoms with Crippen LogP contribution in [0.3, 0.4) is 0 Å². The van der Waals surface area contributed by atoms with E-state index in [1.54, 1.807) is 4.68 Å². The van der Waals surface area contributed by atoms with Gasteiger partial charge in [-0.15, -0.1) is 17.5 Å². The van der Waals surface area contributed by atoms with Gasteiger partial charge in [-0.3, -0.25) is 4.79 Å². The van der Waals surface area contributed by atoms with E-state index in [2.05, 4.69) is 15.6 Å². The number of nitrogens with one attached hydrogen (secondary N) is 1. The Morgan fingerprint density at radius 2 is 1.96 bits per heavy atom. The first kappa shape index (κ1) is 16.9. The van der Waals surface area contributed by atoms with Crippen molar-refractivity contribution in [3.8, 4) is 0 Å². The third kappa shape index (κ3) is 3.15. The molecule has 128 valence electrons. The number of ether oxygens (including phenoxy) is 1. The number of aromatic nitrogens is 3. The topological polar surface area (TPSA) is 72.3 Å². The van der Waals surface area contributed by atoms with Crippen molar-refractivity contribution in [2.45, 2.75) is 19.3 Å². The number of hydrogen-bond donors (Lipinski definition) is 1. The Hall–Kier alpha value is -1.96. The van der Waals surface area contributed by atoms with E-state index in [0.717, 1.165) is 24.3 Å². The second-order valence-electron chi connectivity index (χ2n) is 5.82. The standard InChI is InChI=1S/C16H19N5O2.ClH/c22-16(20-8-6-17-7-9-20)15-13-11-23-14(10-21(13)19-18-15)12-4-2-1-3-5-12;/h1-5,14,17H,6-11H2;1H. The van der Waals surface area contributed by atoms with E-state index >= 15 is 0 Å². The van der Waals surface area contributed by atoms with Crippen molar-refractivity contribution in [2.24, 2.45) is 0 Å². The minimum atomic E-state index is -0.0486. The van der Waals surface area contributed by atoms with Gasteiger partial charge in [-0.1, -0.05) is 35.5 Å². The summed E-state index contributed by atoms with van der Waals surface area (Å²) in [5.41, 5.74) is 2.32. The van der Waals surface area contributed by atoms with Crippen molar-refractivity contribution >= 4 is 18.3 Å².